The Labute approximate surface area is 138 Å². The largest absolute Gasteiger partial charge is 0.314 e. The van der Waals surface area contributed by atoms with E-state index < -0.39 is 0 Å². The quantitative estimate of drug-likeness (QED) is 0.909. The molecule has 23 heavy (non-hydrogen) atoms. The van der Waals surface area contributed by atoms with Gasteiger partial charge < -0.3 is 10.6 Å². The second kappa shape index (κ2) is 6.83. The first kappa shape index (κ1) is 14.9. The highest BCUT2D eigenvalue weighted by Crippen LogP contribution is 2.32. The molecule has 4 rings (SSSR count). The van der Waals surface area contributed by atoms with E-state index in [0.29, 0.717) is 18.0 Å². The minimum atomic E-state index is 0.394. The van der Waals surface area contributed by atoms with Gasteiger partial charge in [0.25, 0.3) is 0 Å². The minimum Gasteiger partial charge on any atom is -0.314 e. The molecule has 120 valence electrons. The first-order chi connectivity index (χ1) is 11.4. The fourth-order valence-electron chi connectivity index (χ4n) is 4.18. The predicted octanol–water partition coefficient (Wildman–Crippen LogP) is 2.06. The van der Waals surface area contributed by atoms with Crippen LogP contribution in [-0.2, 0) is 0 Å². The van der Waals surface area contributed by atoms with Gasteiger partial charge in [-0.05, 0) is 11.1 Å². The molecule has 0 saturated carbocycles. The lowest BCUT2D eigenvalue weighted by Crippen LogP contribution is -2.66. The zero-order valence-electron chi connectivity index (χ0n) is 13.5. The lowest BCUT2D eigenvalue weighted by atomic mass is 9.80. The van der Waals surface area contributed by atoms with Crippen LogP contribution in [0, 0.1) is 0 Å². The summed E-state index contributed by atoms with van der Waals surface area (Å²) in [7, 11) is 0. The van der Waals surface area contributed by atoms with E-state index in [2.05, 4.69) is 76.2 Å². The van der Waals surface area contributed by atoms with Crippen LogP contribution in [0.2, 0.25) is 0 Å². The summed E-state index contributed by atoms with van der Waals surface area (Å²) >= 11 is 0. The van der Waals surface area contributed by atoms with Crippen molar-refractivity contribution in [2.24, 2.45) is 0 Å². The van der Waals surface area contributed by atoms with Crippen molar-refractivity contribution in [3.05, 3.63) is 71.8 Å². The van der Waals surface area contributed by atoms with Crippen molar-refractivity contribution in [2.75, 3.05) is 32.7 Å². The second-order valence-corrected chi connectivity index (χ2v) is 6.59. The molecular formula is C20H25N3. The molecule has 3 heteroatoms. The maximum absolute atomic E-state index is 3.83. The molecule has 0 bridgehead atoms. The summed E-state index contributed by atoms with van der Waals surface area (Å²) in [4.78, 5) is 2.66. The Hall–Kier alpha value is -1.68. The first-order valence-corrected chi connectivity index (χ1v) is 8.71. The second-order valence-electron chi connectivity index (χ2n) is 6.59. The molecule has 2 aliphatic heterocycles. The van der Waals surface area contributed by atoms with E-state index >= 15 is 0 Å². The standard InChI is InChI=1S/C20H25N3/c1-3-7-16(8-4-1)19(17-9-5-2-6-10-17)20-18-15-21-11-13-23(18)14-12-22-20/h1-10,18-22H,11-15H2. The third-order valence-corrected chi connectivity index (χ3v) is 5.27. The Balaban J connectivity index is 1.72. The summed E-state index contributed by atoms with van der Waals surface area (Å²) in [5.74, 6) is 0.394. The molecule has 2 N–H and O–H groups in total. The monoisotopic (exact) mass is 307 g/mol. The van der Waals surface area contributed by atoms with E-state index in [1.807, 2.05) is 0 Å². The van der Waals surface area contributed by atoms with Crippen molar-refractivity contribution in [1.82, 2.24) is 15.5 Å². The number of fused-ring (bicyclic) bond motifs is 1. The van der Waals surface area contributed by atoms with Gasteiger partial charge in [-0.2, -0.15) is 0 Å². The van der Waals surface area contributed by atoms with Crippen molar-refractivity contribution in [3.8, 4) is 0 Å². The lowest BCUT2D eigenvalue weighted by Gasteiger charge is -2.48. The molecule has 0 aliphatic carbocycles. The number of nitrogens with one attached hydrogen (secondary N) is 2. The molecule has 2 aromatic rings. The molecular weight excluding hydrogens is 282 g/mol. The van der Waals surface area contributed by atoms with Crippen molar-refractivity contribution in [2.45, 2.75) is 18.0 Å². The highest BCUT2D eigenvalue weighted by molar-refractivity contribution is 5.35. The third-order valence-electron chi connectivity index (χ3n) is 5.27. The molecule has 0 aromatic heterocycles. The first-order valence-electron chi connectivity index (χ1n) is 8.71. The number of nitrogens with zero attached hydrogens (tertiary/aromatic N) is 1. The maximum atomic E-state index is 3.83. The van der Waals surface area contributed by atoms with Gasteiger partial charge in [0.05, 0.1) is 0 Å². The van der Waals surface area contributed by atoms with E-state index in [-0.39, 0.29) is 0 Å². The summed E-state index contributed by atoms with van der Waals surface area (Å²) in [6, 6.07) is 22.9. The van der Waals surface area contributed by atoms with Crippen LogP contribution in [0.25, 0.3) is 0 Å². The van der Waals surface area contributed by atoms with Crippen molar-refractivity contribution in [1.29, 1.82) is 0 Å². The van der Waals surface area contributed by atoms with E-state index in [4.69, 9.17) is 0 Å². The van der Waals surface area contributed by atoms with E-state index in [0.717, 1.165) is 19.6 Å². The highest BCUT2D eigenvalue weighted by Gasteiger charge is 2.38. The molecule has 2 unspecified atom stereocenters. The molecule has 3 nitrogen and oxygen atoms in total. The van der Waals surface area contributed by atoms with Crippen LogP contribution in [0.3, 0.4) is 0 Å². The van der Waals surface area contributed by atoms with E-state index in [9.17, 15) is 0 Å². The van der Waals surface area contributed by atoms with E-state index in [1.54, 1.807) is 0 Å². The van der Waals surface area contributed by atoms with Gasteiger partial charge in [0.1, 0.15) is 0 Å². The van der Waals surface area contributed by atoms with Crippen LogP contribution in [0.15, 0.2) is 60.7 Å². The smallest absolute Gasteiger partial charge is 0.0384 e. The summed E-state index contributed by atoms with van der Waals surface area (Å²) < 4.78 is 0. The fourth-order valence-corrected chi connectivity index (χ4v) is 4.18. The Bertz CT molecular complexity index is 572. The Morgan fingerprint density at radius 3 is 2.09 bits per heavy atom. The fraction of sp³-hybridized carbons (Fsp3) is 0.400. The van der Waals surface area contributed by atoms with Gasteiger partial charge in [0.2, 0.25) is 0 Å². The SMILES string of the molecule is c1ccc(C(c2ccccc2)C2NCCN3CCNCC23)cc1. The zero-order chi connectivity index (χ0) is 15.5. The van der Waals surface area contributed by atoms with Gasteiger partial charge in [-0.1, -0.05) is 60.7 Å². The number of piperazine rings is 2. The summed E-state index contributed by atoms with van der Waals surface area (Å²) in [5.41, 5.74) is 2.81. The lowest BCUT2D eigenvalue weighted by molar-refractivity contribution is 0.0881. The van der Waals surface area contributed by atoms with Crippen LogP contribution in [0.1, 0.15) is 17.0 Å². The van der Waals surface area contributed by atoms with Gasteiger partial charge in [0.15, 0.2) is 0 Å². The molecule has 2 aromatic carbocycles. The van der Waals surface area contributed by atoms with Gasteiger partial charge in [-0.15, -0.1) is 0 Å². The average molecular weight is 307 g/mol. The van der Waals surface area contributed by atoms with Crippen molar-refractivity contribution < 1.29 is 0 Å². The van der Waals surface area contributed by atoms with E-state index in [1.165, 1.54) is 24.2 Å². The van der Waals surface area contributed by atoms with Crippen molar-refractivity contribution in [3.63, 3.8) is 0 Å². The molecule has 2 saturated heterocycles. The number of hydrogen-bond acceptors (Lipinski definition) is 3. The van der Waals surface area contributed by atoms with Crippen LogP contribution < -0.4 is 10.6 Å². The third kappa shape index (κ3) is 3.05. The van der Waals surface area contributed by atoms with Gasteiger partial charge in [0, 0.05) is 50.7 Å². The maximum Gasteiger partial charge on any atom is 0.0384 e. The molecule has 2 fully saturated rings. The molecule has 2 atom stereocenters. The predicted molar refractivity (Wildman–Crippen MR) is 94.7 cm³/mol. The highest BCUT2D eigenvalue weighted by atomic mass is 15.3. The zero-order valence-corrected chi connectivity index (χ0v) is 13.5. The molecule has 0 spiro atoms. The number of benzene rings is 2. The van der Waals surface area contributed by atoms with Gasteiger partial charge in [-0.3, -0.25) is 4.90 Å². The van der Waals surface area contributed by atoms with Crippen LogP contribution in [0.5, 0.6) is 0 Å². The van der Waals surface area contributed by atoms with Crippen LogP contribution in [-0.4, -0.2) is 49.7 Å². The molecule has 2 heterocycles. The summed E-state index contributed by atoms with van der Waals surface area (Å²) in [5, 5.41) is 7.42. The topological polar surface area (TPSA) is 27.3 Å². The Morgan fingerprint density at radius 2 is 1.43 bits per heavy atom. The molecule has 0 amide bonds. The molecule has 2 aliphatic rings. The molecule has 0 radical (unpaired) electrons. The normalized spacial score (nSPS) is 25.3. The Kier molecular flexibility index (Phi) is 4.42. The van der Waals surface area contributed by atoms with Gasteiger partial charge >= 0.3 is 0 Å². The number of hydrogen-bond donors (Lipinski definition) is 2. The number of rotatable bonds is 3. The minimum absolute atomic E-state index is 0.394. The summed E-state index contributed by atoms with van der Waals surface area (Å²) in [6.07, 6.45) is 0. The van der Waals surface area contributed by atoms with Gasteiger partial charge in [-0.25, -0.2) is 0 Å². The summed E-state index contributed by atoms with van der Waals surface area (Å²) in [6.45, 7) is 5.61. The van der Waals surface area contributed by atoms with Crippen molar-refractivity contribution >= 4 is 0 Å². The average Bonchev–Trinajstić information content (AvgIpc) is 2.64. The Morgan fingerprint density at radius 1 is 0.826 bits per heavy atom. The van der Waals surface area contributed by atoms with Crippen LogP contribution in [0.4, 0.5) is 0 Å². The van der Waals surface area contributed by atoms with Crippen LogP contribution >= 0.6 is 0 Å².